The fraction of sp³-hybridized carbons (Fsp3) is 0. The first-order valence-electron chi connectivity index (χ1n) is 19.5. The highest BCUT2D eigenvalue weighted by molar-refractivity contribution is 6.25. The lowest BCUT2D eigenvalue weighted by atomic mass is 9.92. The predicted molar refractivity (Wildman–Crippen MR) is 240 cm³/mol. The molecule has 0 aliphatic heterocycles. The van der Waals surface area contributed by atoms with Gasteiger partial charge in [0, 0.05) is 34.6 Å². The second kappa shape index (κ2) is 14.0. The van der Waals surface area contributed by atoms with Crippen molar-refractivity contribution in [3.8, 4) is 67.3 Å². The summed E-state index contributed by atoms with van der Waals surface area (Å²) in [7, 11) is 0. The summed E-state index contributed by atoms with van der Waals surface area (Å²) in [5.41, 5.74) is 11.1. The second-order valence-electron chi connectivity index (χ2n) is 14.7. The van der Waals surface area contributed by atoms with Gasteiger partial charge in [-0.2, -0.15) is 0 Å². The van der Waals surface area contributed by atoms with Crippen molar-refractivity contribution in [3.63, 3.8) is 0 Å². The number of pyridine rings is 1. The quantitative estimate of drug-likeness (QED) is 0.160. The van der Waals surface area contributed by atoms with Gasteiger partial charge in [0.25, 0.3) is 0 Å². The van der Waals surface area contributed by atoms with Crippen molar-refractivity contribution in [2.45, 2.75) is 0 Å². The fourth-order valence-electron chi connectivity index (χ4n) is 8.22. The van der Waals surface area contributed by atoms with E-state index in [1.165, 1.54) is 48.7 Å². The maximum absolute atomic E-state index is 5.20. The summed E-state index contributed by atoms with van der Waals surface area (Å²) in [5.74, 6) is 0.659. The number of benzene rings is 8. The van der Waals surface area contributed by atoms with Crippen LogP contribution >= 0.6 is 0 Å². The van der Waals surface area contributed by atoms with Gasteiger partial charge in [-0.25, -0.2) is 9.97 Å². The van der Waals surface area contributed by atoms with Gasteiger partial charge in [-0.1, -0.05) is 164 Å². The summed E-state index contributed by atoms with van der Waals surface area (Å²) in [6.07, 6.45) is 3.68. The molecule has 3 nitrogen and oxygen atoms in total. The summed E-state index contributed by atoms with van der Waals surface area (Å²) < 4.78 is 0. The fourth-order valence-corrected chi connectivity index (χ4v) is 8.22. The van der Waals surface area contributed by atoms with Crippen LogP contribution in [0.4, 0.5) is 0 Å². The van der Waals surface area contributed by atoms with Crippen LogP contribution in [-0.2, 0) is 0 Å². The normalized spacial score (nSPS) is 11.3. The number of aromatic nitrogens is 3. The average molecular weight is 736 g/mol. The van der Waals surface area contributed by atoms with Crippen molar-refractivity contribution < 1.29 is 0 Å². The van der Waals surface area contributed by atoms with Crippen molar-refractivity contribution in [2.75, 3.05) is 0 Å². The Morgan fingerprint density at radius 2 is 0.914 bits per heavy atom. The van der Waals surface area contributed by atoms with E-state index >= 15 is 0 Å². The van der Waals surface area contributed by atoms with Crippen LogP contribution < -0.4 is 0 Å². The highest BCUT2D eigenvalue weighted by Crippen LogP contribution is 2.38. The molecule has 0 atom stereocenters. The lowest BCUT2D eigenvalue weighted by Gasteiger charge is -2.13. The minimum Gasteiger partial charge on any atom is -0.264 e. The maximum atomic E-state index is 5.20. The molecule has 58 heavy (non-hydrogen) atoms. The van der Waals surface area contributed by atoms with E-state index in [2.05, 4.69) is 193 Å². The molecule has 11 aromatic rings. The molecule has 0 bridgehead atoms. The number of fused-ring (bicyclic) bond motifs is 7. The standard InChI is InChI=1S/C55H33N3/c1-2-10-41-31-43(27-22-36(41)9-1)42-11-7-12-45(32-42)54-34-53(39-23-18-38(19-24-39)46-13-8-30-56-35-46)57-55(58-54)40-25-20-37(21-26-40)44-28-29-51-49-16-4-3-14-47(49)48-15-5-6-17-50(48)52(51)33-44/h1-6,8-10,12-35H. The average Bonchev–Trinajstić information content (AvgIpc) is 3.31. The predicted octanol–water partition coefficient (Wildman–Crippen LogP) is 14.1. The Labute approximate surface area is 336 Å². The molecule has 9 aromatic carbocycles. The van der Waals surface area contributed by atoms with Crippen LogP contribution in [0.15, 0.2) is 200 Å². The Morgan fingerprint density at radius 3 is 1.62 bits per heavy atom. The first-order chi connectivity index (χ1) is 28.7. The van der Waals surface area contributed by atoms with Gasteiger partial charge >= 0.3 is 0 Å². The maximum Gasteiger partial charge on any atom is 0.160 e. The molecular weight excluding hydrogens is 703 g/mol. The van der Waals surface area contributed by atoms with E-state index in [1.807, 2.05) is 18.3 Å². The molecule has 0 saturated heterocycles. The van der Waals surface area contributed by atoms with Crippen LogP contribution in [0.2, 0.25) is 0 Å². The molecule has 0 N–H and O–H groups in total. The zero-order valence-corrected chi connectivity index (χ0v) is 31.4. The third kappa shape index (κ3) is 6.01. The molecule has 0 aliphatic carbocycles. The van der Waals surface area contributed by atoms with Crippen molar-refractivity contribution in [1.29, 1.82) is 0 Å². The lowest BCUT2D eigenvalue weighted by molar-refractivity contribution is 1.18. The number of hydrogen-bond donors (Lipinski definition) is 0. The Bertz CT molecular complexity index is 3280. The minimum absolute atomic E-state index is 0.659. The minimum atomic E-state index is 0.659. The van der Waals surface area contributed by atoms with E-state index in [-0.39, 0.29) is 0 Å². The van der Waals surface area contributed by atoms with Crippen LogP contribution in [0.5, 0.6) is 0 Å². The Morgan fingerprint density at radius 1 is 0.345 bits per heavy atom. The molecule has 0 saturated carbocycles. The molecular formula is C55H33N3. The van der Waals surface area contributed by atoms with E-state index in [9.17, 15) is 0 Å². The zero-order chi connectivity index (χ0) is 38.4. The van der Waals surface area contributed by atoms with E-state index in [4.69, 9.17) is 9.97 Å². The topological polar surface area (TPSA) is 38.7 Å². The summed E-state index contributed by atoms with van der Waals surface area (Å²) in [5, 5.41) is 10.0. The van der Waals surface area contributed by atoms with Gasteiger partial charge in [0.15, 0.2) is 5.82 Å². The van der Waals surface area contributed by atoms with Gasteiger partial charge in [-0.15, -0.1) is 0 Å². The van der Waals surface area contributed by atoms with Gasteiger partial charge < -0.3 is 0 Å². The molecule has 0 unspecified atom stereocenters. The Hall–Kier alpha value is -7.93. The largest absolute Gasteiger partial charge is 0.264 e. The molecule has 2 aromatic heterocycles. The van der Waals surface area contributed by atoms with Crippen LogP contribution in [-0.4, -0.2) is 15.0 Å². The van der Waals surface area contributed by atoms with E-state index in [0.717, 1.165) is 55.9 Å². The van der Waals surface area contributed by atoms with Crippen molar-refractivity contribution in [3.05, 3.63) is 213 Å². The number of nitrogens with zero attached hydrogens (tertiary/aromatic N) is 3. The summed E-state index contributed by atoms with van der Waals surface area (Å²) in [6.45, 7) is 0. The van der Waals surface area contributed by atoms with E-state index < -0.39 is 0 Å². The zero-order valence-electron chi connectivity index (χ0n) is 31.4. The number of rotatable bonds is 6. The SMILES string of the molecule is c1cc(-c2cc(-c3ccc(-c4cccnc4)cc3)nc(-c3ccc(-c4ccc5c6ccccc6c6ccccc6c5c4)cc3)n2)cc(-c2ccc3ccccc3c2)c#1. The van der Waals surface area contributed by atoms with Crippen LogP contribution in [0.25, 0.3) is 110 Å². The Balaban J connectivity index is 1.00. The summed E-state index contributed by atoms with van der Waals surface area (Å²) in [6, 6.07) is 73.2. The molecule has 11 rings (SSSR count). The molecule has 0 radical (unpaired) electrons. The third-order valence-corrected chi connectivity index (χ3v) is 11.2. The first kappa shape index (κ1) is 33.4. The molecule has 2 heterocycles. The lowest BCUT2D eigenvalue weighted by Crippen LogP contribution is -1.96. The summed E-state index contributed by atoms with van der Waals surface area (Å²) >= 11 is 0. The third-order valence-electron chi connectivity index (χ3n) is 11.2. The van der Waals surface area contributed by atoms with Gasteiger partial charge in [-0.05, 0) is 107 Å². The highest BCUT2D eigenvalue weighted by atomic mass is 14.9. The molecule has 0 fully saturated rings. The smallest absolute Gasteiger partial charge is 0.160 e. The van der Waals surface area contributed by atoms with Gasteiger partial charge in [-0.3, -0.25) is 4.98 Å². The van der Waals surface area contributed by atoms with Crippen LogP contribution in [0.1, 0.15) is 0 Å². The summed E-state index contributed by atoms with van der Waals surface area (Å²) in [4.78, 5) is 14.7. The van der Waals surface area contributed by atoms with Crippen molar-refractivity contribution in [1.82, 2.24) is 15.0 Å². The molecule has 0 spiro atoms. The van der Waals surface area contributed by atoms with Gasteiger partial charge in [0.05, 0.1) is 11.4 Å². The van der Waals surface area contributed by atoms with E-state index in [0.29, 0.717) is 5.82 Å². The van der Waals surface area contributed by atoms with E-state index in [1.54, 1.807) is 6.20 Å². The van der Waals surface area contributed by atoms with Crippen molar-refractivity contribution in [2.24, 2.45) is 0 Å². The first-order valence-corrected chi connectivity index (χ1v) is 19.5. The van der Waals surface area contributed by atoms with Crippen molar-refractivity contribution >= 4 is 43.1 Å². The monoisotopic (exact) mass is 735 g/mol. The molecule has 0 amide bonds. The molecule has 0 aliphatic rings. The Kier molecular flexibility index (Phi) is 8.05. The molecule has 3 heteroatoms. The van der Waals surface area contributed by atoms with Crippen LogP contribution in [0, 0.1) is 12.1 Å². The number of hydrogen-bond acceptors (Lipinski definition) is 3. The van der Waals surface area contributed by atoms with Crippen LogP contribution in [0.3, 0.4) is 0 Å². The van der Waals surface area contributed by atoms with Gasteiger partial charge in [0.1, 0.15) is 0 Å². The highest BCUT2D eigenvalue weighted by Gasteiger charge is 2.14. The second-order valence-corrected chi connectivity index (χ2v) is 14.7. The van der Waals surface area contributed by atoms with Gasteiger partial charge in [0.2, 0.25) is 0 Å². The molecule has 268 valence electrons.